The second-order valence-electron chi connectivity index (χ2n) is 3.34. The van der Waals surface area contributed by atoms with Crippen LogP contribution in [0.1, 0.15) is 24.1 Å². The topological polar surface area (TPSA) is 37.8 Å². The summed E-state index contributed by atoms with van der Waals surface area (Å²) in [6.45, 7) is 3.00. The van der Waals surface area contributed by atoms with Gasteiger partial charge in [0.25, 0.3) is 0 Å². The summed E-state index contributed by atoms with van der Waals surface area (Å²) in [6.07, 6.45) is 5.25. The Balaban J connectivity index is 2.35. The number of aromatic nitrogens is 2. The van der Waals surface area contributed by atoms with Gasteiger partial charge in [0.1, 0.15) is 6.33 Å². The minimum Gasteiger partial charge on any atom is -0.306 e. The molecule has 0 saturated heterocycles. The van der Waals surface area contributed by atoms with Crippen LogP contribution >= 0.6 is 27.3 Å². The number of hydrogen-bond donors (Lipinski definition) is 1. The normalized spacial score (nSPS) is 12.6. The molecule has 0 spiro atoms. The maximum absolute atomic E-state index is 4.06. The van der Waals surface area contributed by atoms with Crippen LogP contribution in [0.4, 0.5) is 0 Å². The number of halogens is 1. The fourth-order valence-electron chi connectivity index (χ4n) is 1.57. The zero-order valence-electron chi connectivity index (χ0n) is 8.85. The van der Waals surface area contributed by atoms with E-state index in [2.05, 4.69) is 48.9 Å². The van der Waals surface area contributed by atoms with Crippen LogP contribution in [-0.2, 0) is 0 Å². The van der Waals surface area contributed by atoms with Crippen molar-refractivity contribution in [3.8, 4) is 0 Å². The van der Waals surface area contributed by atoms with Crippen molar-refractivity contribution in [1.82, 2.24) is 15.3 Å². The Morgan fingerprint density at radius 3 is 2.69 bits per heavy atom. The van der Waals surface area contributed by atoms with Gasteiger partial charge < -0.3 is 5.32 Å². The van der Waals surface area contributed by atoms with Gasteiger partial charge in [0.15, 0.2) is 0 Å². The van der Waals surface area contributed by atoms with E-state index in [0.29, 0.717) is 0 Å². The van der Waals surface area contributed by atoms with Crippen molar-refractivity contribution in [2.24, 2.45) is 0 Å². The smallest absolute Gasteiger partial charge is 0.115 e. The zero-order valence-corrected chi connectivity index (χ0v) is 11.3. The molecule has 0 bridgehead atoms. The van der Waals surface area contributed by atoms with Crippen molar-refractivity contribution >= 4 is 27.3 Å². The van der Waals surface area contributed by atoms with E-state index in [0.717, 1.165) is 16.6 Å². The molecule has 2 rings (SSSR count). The number of nitrogens with zero attached hydrogens (tertiary/aromatic N) is 2. The molecule has 5 heteroatoms. The molecule has 0 aromatic carbocycles. The van der Waals surface area contributed by atoms with Crippen molar-refractivity contribution in [3.63, 3.8) is 0 Å². The SMILES string of the molecule is CCNC(c1cncnc1)c1cscc1Br. The van der Waals surface area contributed by atoms with Gasteiger partial charge in [-0.25, -0.2) is 9.97 Å². The lowest BCUT2D eigenvalue weighted by molar-refractivity contribution is 0.626. The lowest BCUT2D eigenvalue weighted by atomic mass is 10.0. The molecule has 0 aliphatic heterocycles. The van der Waals surface area contributed by atoms with E-state index in [1.807, 2.05) is 12.4 Å². The van der Waals surface area contributed by atoms with Crippen LogP contribution in [0.5, 0.6) is 0 Å². The first-order valence-electron chi connectivity index (χ1n) is 5.02. The highest BCUT2D eigenvalue weighted by Gasteiger charge is 2.16. The Hall–Kier alpha value is -0.780. The third kappa shape index (κ3) is 2.48. The summed E-state index contributed by atoms with van der Waals surface area (Å²) < 4.78 is 1.13. The van der Waals surface area contributed by atoms with Crippen molar-refractivity contribution in [2.45, 2.75) is 13.0 Å². The van der Waals surface area contributed by atoms with Gasteiger partial charge in [-0.2, -0.15) is 11.3 Å². The lowest BCUT2D eigenvalue weighted by Gasteiger charge is -2.17. The number of rotatable bonds is 4. The largest absolute Gasteiger partial charge is 0.306 e. The van der Waals surface area contributed by atoms with Crippen LogP contribution in [0.2, 0.25) is 0 Å². The van der Waals surface area contributed by atoms with Crippen LogP contribution in [-0.4, -0.2) is 16.5 Å². The molecule has 0 radical (unpaired) electrons. The molecule has 2 aromatic heterocycles. The predicted octanol–water partition coefficient (Wildman–Crippen LogP) is 3.00. The van der Waals surface area contributed by atoms with Crippen LogP contribution < -0.4 is 5.32 Å². The second kappa shape index (κ2) is 5.52. The summed E-state index contributed by atoms with van der Waals surface area (Å²) in [4.78, 5) is 8.13. The van der Waals surface area contributed by atoms with E-state index in [1.165, 1.54) is 5.56 Å². The van der Waals surface area contributed by atoms with Crippen molar-refractivity contribution in [1.29, 1.82) is 0 Å². The lowest BCUT2D eigenvalue weighted by Crippen LogP contribution is -2.22. The van der Waals surface area contributed by atoms with E-state index in [-0.39, 0.29) is 6.04 Å². The van der Waals surface area contributed by atoms with Crippen molar-refractivity contribution in [2.75, 3.05) is 6.54 Å². The first-order chi connectivity index (χ1) is 7.83. The average Bonchev–Trinajstić information content (AvgIpc) is 2.73. The molecule has 2 aromatic rings. The Kier molecular flexibility index (Phi) is 4.04. The fourth-order valence-corrected chi connectivity index (χ4v) is 3.12. The predicted molar refractivity (Wildman–Crippen MR) is 69.6 cm³/mol. The minimum atomic E-state index is 0.159. The van der Waals surface area contributed by atoms with Crippen molar-refractivity contribution in [3.05, 3.63) is 45.1 Å². The maximum Gasteiger partial charge on any atom is 0.115 e. The zero-order chi connectivity index (χ0) is 11.4. The Labute approximate surface area is 107 Å². The number of thiophene rings is 1. The Morgan fingerprint density at radius 1 is 1.38 bits per heavy atom. The van der Waals surface area contributed by atoms with Gasteiger partial charge in [0, 0.05) is 27.8 Å². The summed E-state index contributed by atoms with van der Waals surface area (Å²) in [7, 11) is 0. The van der Waals surface area contributed by atoms with E-state index < -0.39 is 0 Å². The second-order valence-corrected chi connectivity index (χ2v) is 4.94. The highest BCUT2D eigenvalue weighted by atomic mass is 79.9. The van der Waals surface area contributed by atoms with Gasteiger partial charge in [0.2, 0.25) is 0 Å². The fraction of sp³-hybridized carbons (Fsp3) is 0.273. The van der Waals surface area contributed by atoms with Gasteiger partial charge in [-0.1, -0.05) is 6.92 Å². The van der Waals surface area contributed by atoms with Crippen molar-refractivity contribution < 1.29 is 0 Å². The molecule has 0 fully saturated rings. The molecule has 0 aliphatic carbocycles. The molecule has 0 aliphatic rings. The van der Waals surface area contributed by atoms with E-state index in [9.17, 15) is 0 Å². The van der Waals surface area contributed by atoms with Crippen LogP contribution in [0, 0.1) is 0 Å². The molecule has 0 amide bonds. The molecule has 16 heavy (non-hydrogen) atoms. The molecule has 0 saturated carbocycles. The van der Waals surface area contributed by atoms with Gasteiger partial charge in [-0.3, -0.25) is 0 Å². The minimum absolute atomic E-state index is 0.159. The van der Waals surface area contributed by atoms with Gasteiger partial charge >= 0.3 is 0 Å². The molecule has 1 unspecified atom stereocenters. The monoisotopic (exact) mass is 297 g/mol. The summed E-state index contributed by atoms with van der Waals surface area (Å²) in [5.41, 5.74) is 2.32. The molecular weight excluding hydrogens is 286 g/mol. The van der Waals surface area contributed by atoms with Gasteiger partial charge in [-0.15, -0.1) is 0 Å². The molecular formula is C11H12BrN3S. The maximum atomic E-state index is 4.06. The van der Waals surface area contributed by atoms with E-state index in [4.69, 9.17) is 0 Å². The van der Waals surface area contributed by atoms with E-state index >= 15 is 0 Å². The first-order valence-corrected chi connectivity index (χ1v) is 6.76. The number of hydrogen-bond acceptors (Lipinski definition) is 4. The summed E-state index contributed by atoms with van der Waals surface area (Å²) in [5, 5.41) is 7.67. The quantitative estimate of drug-likeness (QED) is 0.943. The molecule has 3 nitrogen and oxygen atoms in total. The Morgan fingerprint density at radius 2 is 2.12 bits per heavy atom. The standard InChI is InChI=1S/C11H12BrN3S/c1-2-15-11(8-3-13-7-14-4-8)9-5-16-6-10(9)12/h3-7,11,15H,2H2,1H3. The third-order valence-corrected chi connectivity index (χ3v) is 4.03. The van der Waals surface area contributed by atoms with Crippen LogP contribution in [0.15, 0.2) is 34.0 Å². The summed E-state index contributed by atoms with van der Waals surface area (Å²) in [6, 6.07) is 0.159. The van der Waals surface area contributed by atoms with Crippen LogP contribution in [0.3, 0.4) is 0 Å². The molecule has 1 N–H and O–H groups in total. The van der Waals surface area contributed by atoms with Crippen LogP contribution in [0.25, 0.3) is 0 Å². The van der Waals surface area contributed by atoms with Gasteiger partial charge in [-0.05, 0) is 33.4 Å². The highest BCUT2D eigenvalue weighted by Crippen LogP contribution is 2.30. The molecule has 2 heterocycles. The van der Waals surface area contributed by atoms with E-state index in [1.54, 1.807) is 17.7 Å². The molecule has 84 valence electrons. The first kappa shape index (κ1) is 11.7. The number of nitrogens with one attached hydrogen (secondary N) is 1. The Bertz CT molecular complexity index is 444. The van der Waals surface area contributed by atoms with Gasteiger partial charge in [0.05, 0.1) is 6.04 Å². The summed E-state index contributed by atoms with van der Waals surface area (Å²) in [5.74, 6) is 0. The molecule has 1 atom stereocenters. The summed E-state index contributed by atoms with van der Waals surface area (Å²) >= 11 is 5.25. The third-order valence-electron chi connectivity index (χ3n) is 2.28. The average molecular weight is 298 g/mol. The highest BCUT2D eigenvalue weighted by molar-refractivity contribution is 9.10.